The third-order valence-corrected chi connectivity index (χ3v) is 2.36. The van der Waals surface area contributed by atoms with Crippen molar-refractivity contribution in [3.63, 3.8) is 0 Å². The lowest BCUT2D eigenvalue weighted by molar-refractivity contribution is 0.129. The van der Waals surface area contributed by atoms with Crippen molar-refractivity contribution in [2.75, 3.05) is 6.61 Å². The molecule has 0 spiro atoms. The zero-order chi connectivity index (χ0) is 13.1. The summed E-state index contributed by atoms with van der Waals surface area (Å²) in [5.74, 6) is -2.11. The first kappa shape index (κ1) is 13.9. The molecule has 96 valence electrons. The molecule has 0 aliphatic rings. The van der Waals surface area contributed by atoms with E-state index in [2.05, 4.69) is 0 Å². The van der Waals surface area contributed by atoms with Crippen LogP contribution in [0.1, 0.15) is 20.3 Å². The van der Waals surface area contributed by atoms with Gasteiger partial charge in [-0.2, -0.15) is 4.39 Å². The number of ether oxygens (including phenoxy) is 1. The van der Waals surface area contributed by atoms with Crippen LogP contribution in [0.15, 0.2) is 18.2 Å². The first-order chi connectivity index (χ1) is 7.85. The smallest absolute Gasteiger partial charge is 0.200 e. The lowest BCUT2D eigenvalue weighted by atomic mass is 9.97. The van der Waals surface area contributed by atoms with Crippen LogP contribution in [0.2, 0.25) is 0 Å². The highest BCUT2D eigenvalue weighted by atomic mass is 19.2. The fourth-order valence-corrected chi connectivity index (χ4v) is 1.55. The topological polar surface area (TPSA) is 55.5 Å². The Hall–Kier alpha value is -1.20. The number of hydrogen-bond donors (Lipinski definition) is 2. The minimum atomic E-state index is -1.01. The van der Waals surface area contributed by atoms with Gasteiger partial charge in [0.1, 0.15) is 0 Å². The maximum atomic E-state index is 13.3. The largest absolute Gasteiger partial charge is 0.487 e. The molecule has 1 aromatic rings. The zero-order valence-electron chi connectivity index (χ0n) is 9.91. The second kappa shape index (κ2) is 5.42. The van der Waals surface area contributed by atoms with Crippen molar-refractivity contribution in [3.8, 4) is 5.75 Å². The molecule has 0 saturated heterocycles. The number of rotatable bonds is 5. The van der Waals surface area contributed by atoms with Crippen molar-refractivity contribution < 1.29 is 18.6 Å². The van der Waals surface area contributed by atoms with Crippen LogP contribution >= 0.6 is 0 Å². The molecule has 3 N–H and O–H groups in total. The summed E-state index contributed by atoms with van der Waals surface area (Å²) < 4.78 is 31.5. The van der Waals surface area contributed by atoms with Gasteiger partial charge in [0.05, 0.1) is 12.7 Å². The summed E-state index contributed by atoms with van der Waals surface area (Å²) in [5, 5.41) is 8.99. The van der Waals surface area contributed by atoms with Crippen molar-refractivity contribution in [1.82, 2.24) is 0 Å². The molecule has 2 unspecified atom stereocenters. The van der Waals surface area contributed by atoms with Gasteiger partial charge in [0.25, 0.3) is 0 Å². The third-order valence-electron chi connectivity index (χ3n) is 2.36. The maximum Gasteiger partial charge on any atom is 0.200 e. The van der Waals surface area contributed by atoms with Crippen LogP contribution in [0.4, 0.5) is 8.78 Å². The molecule has 0 aliphatic carbocycles. The van der Waals surface area contributed by atoms with Crippen LogP contribution < -0.4 is 10.5 Å². The van der Waals surface area contributed by atoms with Crippen LogP contribution in [0.3, 0.4) is 0 Å². The number of nitrogens with two attached hydrogens (primary N) is 1. The molecule has 0 fully saturated rings. The molecule has 0 amide bonds. The Balaban J connectivity index is 2.68. The van der Waals surface area contributed by atoms with Crippen molar-refractivity contribution in [2.24, 2.45) is 5.73 Å². The van der Waals surface area contributed by atoms with E-state index >= 15 is 0 Å². The van der Waals surface area contributed by atoms with E-state index in [1.807, 2.05) is 0 Å². The maximum absolute atomic E-state index is 13.3. The second-order valence-corrected chi connectivity index (χ2v) is 4.50. The lowest BCUT2D eigenvalue weighted by Crippen LogP contribution is -2.43. The summed E-state index contributed by atoms with van der Waals surface area (Å²) in [6.07, 6.45) is -0.0899. The Bertz CT molecular complexity index is 383. The first-order valence-electron chi connectivity index (χ1n) is 5.36. The number of halogens is 2. The highest BCUT2D eigenvalue weighted by molar-refractivity contribution is 5.25. The third kappa shape index (κ3) is 3.94. The highest BCUT2D eigenvalue weighted by Gasteiger charge is 2.22. The Morgan fingerprint density at radius 3 is 2.71 bits per heavy atom. The van der Waals surface area contributed by atoms with Crippen molar-refractivity contribution in [1.29, 1.82) is 0 Å². The Labute approximate surface area is 99.2 Å². The minimum absolute atomic E-state index is 0.147. The zero-order valence-corrected chi connectivity index (χ0v) is 9.91. The van der Waals surface area contributed by atoms with Gasteiger partial charge in [-0.15, -0.1) is 0 Å². The quantitative estimate of drug-likeness (QED) is 0.832. The molecular formula is C12H17F2NO2. The van der Waals surface area contributed by atoms with Crippen molar-refractivity contribution in [2.45, 2.75) is 31.9 Å². The minimum Gasteiger partial charge on any atom is -0.487 e. The summed E-state index contributed by atoms with van der Waals surface area (Å²) >= 11 is 0. The average Bonchev–Trinajstić information content (AvgIpc) is 2.24. The van der Waals surface area contributed by atoms with Crippen LogP contribution in [0.5, 0.6) is 5.75 Å². The number of hydrogen-bond acceptors (Lipinski definition) is 3. The predicted octanol–water partition coefficient (Wildman–Crippen LogP) is 1.83. The molecule has 17 heavy (non-hydrogen) atoms. The fourth-order valence-electron chi connectivity index (χ4n) is 1.55. The molecule has 0 radical (unpaired) electrons. The Kier molecular flexibility index (Phi) is 4.42. The van der Waals surface area contributed by atoms with E-state index < -0.39 is 23.3 Å². The van der Waals surface area contributed by atoms with E-state index in [1.165, 1.54) is 12.1 Å². The normalized spacial score (nSPS) is 16.4. The summed E-state index contributed by atoms with van der Waals surface area (Å²) in [4.78, 5) is 0. The van der Waals surface area contributed by atoms with Gasteiger partial charge in [-0.25, -0.2) is 4.39 Å². The molecule has 2 atom stereocenters. The standard InChI is InChI=1S/C12H17F2NO2/c1-8(6-12(2,15)7-16)17-10-5-3-4-9(13)11(10)14/h3-5,8,16H,6-7,15H2,1-2H3. The van der Waals surface area contributed by atoms with Gasteiger partial charge in [-0.3, -0.25) is 0 Å². The van der Waals surface area contributed by atoms with E-state index in [0.29, 0.717) is 6.42 Å². The molecule has 3 nitrogen and oxygen atoms in total. The van der Waals surface area contributed by atoms with Crippen LogP contribution in [-0.4, -0.2) is 23.4 Å². The summed E-state index contributed by atoms with van der Waals surface area (Å²) in [7, 11) is 0. The first-order valence-corrected chi connectivity index (χ1v) is 5.36. The van der Waals surface area contributed by atoms with Gasteiger partial charge in [-0.05, 0) is 26.0 Å². The monoisotopic (exact) mass is 245 g/mol. The van der Waals surface area contributed by atoms with E-state index in [4.69, 9.17) is 15.6 Å². The summed E-state index contributed by atoms with van der Waals surface area (Å²) in [5.41, 5.74) is 4.94. The average molecular weight is 245 g/mol. The van der Waals surface area contributed by atoms with Gasteiger partial charge in [0.2, 0.25) is 5.82 Å². The summed E-state index contributed by atoms with van der Waals surface area (Å²) in [6, 6.07) is 3.74. The van der Waals surface area contributed by atoms with E-state index in [0.717, 1.165) is 6.07 Å². The van der Waals surface area contributed by atoms with E-state index in [9.17, 15) is 8.78 Å². The SMILES string of the molecule is CC(CC(C)(N)CO)Oc1cccc(F)c1F. The van der Waals surface area contributed by atoms with Gasteiger partial charge >= 0.3 is 0 Å². The fraction of sp³-hybridized carbons (Fsp3) is 0.500. The lowest BCUT2D eigenvalue weighted by Gasteiger charge is -2.26. The van der Waals surface area contributed by atoms with E-state index in [-0.39, 0.29) is 12.4 Å². The second-order valence-electron chi connectivity index (χ2n) is 4.50. The van der Waals surface area contributed by atoms with Gasteiger partial charge in [-0.1, -0.05) is 6.07 Å². The predicted molar refractivity (Wildman–Crippen MR) is 60.7 cm³/mol. The van der Waals surface area contributed by atoms with Crippen molar-refractivity contribution in [3.05, 3.63) is 29.8 Å². The Morgan fingerprint density at radius 2 is 2.12 bits per heavy atom. The number of aliphatic hydroxyl groups is 1. The molecule has 5 heteroatoms. The molecule has 0 bridgehead atoms. The summed E-state index contributed by atoms with van der Waals surface area (Å²) in [6.45, 7) is 3.15. The number of aliphatic hydroxyl groups excluding tert-OH is 1. The van der Waals surface area contributed by atoms with Crippen LogP contribution in [-0.2, 0) is 0 Å². The molecular weight excluding hydrogens is 228 g/mol. The van der Waals surface area contributed by atoms with E-state index in [1.54, 1.807) is 13.8 Å². The van der Waals surface area contributed by atoms with Gasteiger partial charge in [0.15, 0.2) is 11.6 Å². The van der Waals surface area contributed by atoms with Gasteiger partial charge < -0.3 is 15.6 Å². The molecule has 0 heterocycles. The van der Waals surface area contributed by atoms with Gasteiger partial charge in [0, 0.05) is 12.0 Å². The van der Waals surface area contributed by atoms with Crippen molar-refractivity contribution >= 4 is 0 Å². The molecule has 0 saturated carbocycles. The number of benzene rings is 1. The van der Waals surface area contributed by atoms with Crippen LogP contribution in [0.25, 0.3) is 0 Å². The Morgan fingerprint density at radius 1 is 1.47 bits per heavy atom. The van der Waals surface area contributed by atoms with Crippen LogP contribution in [0, 0.1) is 11.6 Å². The highest BCUT2D eigenvalue weighted by Crippen LogP contribution is 2.22. The molecule has 1 aromatic carbocycles. The molecule has 0 aromatic heterocycles. The molecule has 1 rings (SSSR count). The molecule has 0 aliphatic heterocycles.